The van der Waals surface area contributed by atoms with Crippen LogP contribution in [0.25, 0.3) is 5.57 Å². The van der Waals surface area contributed by atoms with Gasteiger partial charge in [-0.2, -0.15) is 0 Å². The van der Waals surface area contributed by atoms with Crippen LogP contribution in [-0.4, -0.2) is 22.3 Å². The lowest BCUT2D eigenvalue weighted by Gasteiger charge is -2.24. The van der Waals surface area contributed by atoms with E-state index in [4.69, 9.17) is 9.47 Å². The summed E-state index contributed by atoms with van der Waals surface area (Å²) in [6.45, 7) is 10.7. The molecule has 0 aliphatic carbocycles. The lowest BCUT2D eigenvalue weighted by Crippen LogP contribution is -2.26. The molecule has 1 rings (SSSR count). The number of benzene rings is 1. The van der Waals surface area contributed by atoms with Gasteiger partial charge in [-0.25, -0.2) is 4.79 Å². The number of aliphatic hydroxyl groups excluding tert-OH is 1. The van der Waals surface area contributed by atoms with Crippen molar-refractivity contribution in [3.05, 3.63) is 41.8 Å². The van der Waals surface area contributed by atoms with Crippen LogP contribution >= 0.6 is 0 Å². The fraction of sp³-hybridized carbons (Fsp3) is 0.471. The van der Waals surface area contributed by atoms with E-state index in [0.717, 1.165) is 0 Å². The van der Waals surface area contributed by atoms with Crippen LogP contribution in [0.3, 0.4) is 0 Å². The molecule has 0 atom stereocenters. The first-order valence-corrected chi connectivity index (χ1v) is 6.90. The summed E-state index contributed by atoms with van der Waals surface area (Å²) in [5, 5.41) is 10.2. The Hall–Kier alpha value is -1.97. The van der Waals surface area contributed by atoms with Crippen LogP contribution in [0.5, 0.6) is 0 Å². The monoisotopic (exact) mass is 292 g/mol. The van der Waals surface area contributed by atoms with Gasteiger partial charge in [0.15, 0.2) is 0 Å². The maximum atomic E-state index is 12.4. The zero-order valence-corrected chi connectivity index (χ0v) is 13.6. The second kappa shape index (κ2) is 6.20. The Morgan fingerprint density at radius 1 is 0.905 bits per heavy atom. The summed E-state index contributed by atoms with van der Waals surface area (Å²) in [4.78, 5) is 12.4. The van der Waals surface area contributed by atoms with Crippen molar-refractivity contribution in [2.45, 2.75) is 52.7 Å². The number of aliphatic hydroxyl groups is 1. The predicted molar refractivity (Wildman–Crippen MR) is 82.7 cm³/mol. The third-order valence-corrected chi connectivity index (χ3v) is 2.28. The summed E-state index contributed by atoms with van der Waals surface area (Å²) in [5.74, 6) is -1.04. The number of hydrogen-bond acceptors (Lipinski definition) is 4. The van der Waals surface area contributed by atoms with Gasteiger partial charge in [-0.05, 0) is 47.1 Å². The van der Waals surface area contributed by atoms with E-state index in [2.05, 4.69) is 0 Å². The van der Waals surface area contributed by atoms with Crippen LogP contribution < -0.4 is 0 Å². The number of carbonyl (C=O) groups is 1. The number of rotatable bonds is 3. The fourth-order valence-corrected chi connectivity index (χ4v) is 1.60. The molecule has 0 saturated heterocycles. The second-order valence-electron chi connectivity index (χ2n) is 6.76. The molecular formula is C17H24O4. The lowest BCUT2D eigenvalue weighted by molar-refractivity contribution is -0.147. The number of esters is 1. The van der Waals surface area contributed by atoms with E-state index in [1.54, 1.807) is 65.8 Å². The second-order valence-corrected chi connectivity index (χ2v) is 6.76. The summed E-state index contributed by atoms with van der Waals surface area (Å²) in [5.41, 5.74) is -0.695. The highest BCUT2D eigenvalue weighted by atomic mass is 16.6. The van der Waals surface area contributed by atoms with Gasteiger partial charge in [-0.3, -0.25) is 0 Å². The van der Waals surface area contributed by atoms with Crippen molar-refractivity contribution in [3.63, 3.8) is 0 Å². The molecule has 0 radical (unpaired) electrons. The Bertz CT molecular complexity index is 516. The van der Waals surface area contributed by atoms with Crippen LogP contribution in [0, 0.1) is 0 Å². The van der Waals surface area contributed by atoms with Crippen LogP contribution in [0.4, 0.5) is 0 Å². The van der Waals surface area contributed by atoms with Gasteiger partial charge in [0.05, 0.1) is 0 Å². The van der Waals surface area contributed by atoms with Gasteiger partial charge in [0.25, 0.3) is 5.95 Å². The van der Waals surface area contributed by atoms with E-state index in [1.807, 2.05) is 6.07 Å². The Morgan fingerprint density at radius 2 is 1.38 bits per heavy atom. The first-order valence-electron chi connectivity index (χ1n) is 6.90. The van der Waals surface area contributed by atoms with Crippen LogP contribution in [0.15, 0.2) is 36.3 Å². The first-order chi connectivity index (χ1) is 9.49. The van der Waals surface area contributed by atoms with Crippen molar-refractivity contribution in [1.82, 2.24) is 0 Å². The highest BCUT2D eigenvalue weighted by Gasteiger charge is 2.27. The molecule has 0 aliphatic rings. The van der Waals surface area contributed by atoms with Crippen LogP contribution in [0.2, 0.25) is 0 Å². The van der Waals surface area contributed by atoms with E-state index < -0.39 is 23.1 Å². The van der Waals surface area contributed by atoms with E-state index in [1.165, 1.54) is 0 Å². The molecule has 0 amide bonds. The molecule has 116 valence electrons. The van der Waals surface area contributed by atoms with Gasteiger partial charge in [-0.15, -0.1) is 0 Å². The summed E-state index contributed by atoms with van der Waals surface area (Å²) >= 11 is 0. The van der Waals surface area contributed by atoms with Crippen molar-refractivity contribution in [1.29, 1.82) is 0 Å². The van der Waals surface area contributed by atoms with E-state index in [9.17, 15) is 9.90 Å². The molecule has 0 fully saturated rings. The van der Waals surface area contributed by atoms with Gasteiger partial charge in [0.2, 0.25) is 0 Å². The maximum absolute atomic E-state index is 12.4. The fourth-order valence-electron chi connectivity index (χ4n) is 1.60. The zero-order chi connectivity index (χ0) is 16.3. The quantitative estimate of drug-likeness (QED) is 0.518. The van der Waals surface area contributed by atoms with E-state index in [-0.39, 0.29) is 5.57 Å². The van der Waals surface area contributed by atoms with Gasteiger partial charge < -0.3 is 14.6 Å². The molecule has 1 aromatic rings. The van der Waals surface area contributed by atoms with Gasteiger partial charge in [0, 0.05) is 0 Å². The van der Waals surface area contributed by atoms with Crippen molar-refractivity contribution in [3.8, 4) is 0 Å². The summed E-state index contributed by atoms with van der Waals surface area (Å²) < 4.78 is 10.8. The molecule has 1 N–H and O–H groups in total. The van der Waals surface area contributed by atoms with Gasteiger partial charge in [0.1, 0.15) is 16.8 Å². The Balaban J connectivity index is 3.24. The minimum atomic E-state index is -0.654. The Morgan fingerprint density at radius 3 is 1.81 bits per heavy atom. The largest absolute Gasteiger partial charge is 0.480 e. The Kier molecular flexibility index (Phi) is 5.05. The van der Waals surface area contributed by atoms with Crippen molar-refractivity contribution < 1.29 is 19.4 Å². The molecule has 0 aromatic heterocycles. The molecule has 0 unspecified atom stereocenters. The lowest BCUT2D eigenvalue weighted by atomic mass is 10.1. The highest BCUT2D eigenvalue weighted by molar-refractivity contribution is 6.16. The summed E-state index contributed by atoms with van der Waals surface area (Å²) in [7, 11) is 0. The SMILES string of the molecule is CC(C)(C)OC(=O)/C(=C(/O)OC(C)(C)C)c1ccccc1. The minimum absolute atomic E-state index is 0.0282. The third-order valence-electron chi connectivity index (χ3n) is 2.28. The molecule has 21 heavy (non-hydrogen) atoms. The minimum Gasteiger partial charge on any atom is -0.480 e. The molecule has 4 heteroatoms. The molecule has 1 aromatic carbocycles. The topological polar surface area (TPSA) is 55.8 Å². The molecule has 0 aliphatic heterocycles. The molecular weight excluding hydrogens is 268 g/mol. The average molecular weight is 292 g/mol. The number of carbonyl (C=O) groups excluding carboxylic acids is 1. The highest BCUT2D eigenvalue weighted by Crippen LogP contribution is 2.25. The van der Waals surface area contributed by atoms with Crippen molar-refractivity contribution in [2.75, 3.05) is 0 Å². The van der Waals surface area contributed by atoms with Crippen LogP contribution in [0.1, 0.15) is 47.1 Å². The normalized spacial score (nSPS) is 13.4. The molecule has 0 bridgehead atoms. The smallest absolute Gasteiger partial charge is 0.346 e. The van der Waals surface area contributed by atoms with E-state index in [0.29, 0.717) is 5.56 Å². The Labute approximate surface area is 126 Å². The molecule has 4 nitrogen and oxygen atoms in total. The van der Waals surface area contributed by atoms with Gasteiger partial charge in [-0.1, -0.05) is 30.3 Å². The number of hydrogen-bond donors (Lipinski definition) is 1. The first kappa shape index (κ1) is 17.1. The molecule has 0 saturated carbocycles. The third kappa shape index (κ3) is 5.90. The summed E-state index contributed by atoms with van der Waals surface area (Å²) in [6, 6.07) is 8.84. The average Bonchev–Trinajstić information content (AvgIpc) is 2.25. The van der Waals surface area contributed by atoms with E-state index >= 15 is 0 Å². The standard InChI is InChI=1S/C17H24O4/c1-16(2,3)20-14(18)13(12-10-8-7-9-11-12)15(19)21-17(4,5)6/h7-11,18H,1-6H3/b14-13-. The van der Waals surface area contributed by atoms with Crippen molar-refractivity contribution in [2.24, 2.45) is 0 Å². The zero-order valence-electron chi connectivity index (χ0n) is 13.6. The summed E-state index contributed by atoms with van der Waals surface area (Å²) in [6.07, 6.45) is 0. The van der Waals surface area contributed by atoms with Crippen molar-refractivity contribution >= 4 is 11.5 Å². The van der Waals surface area contributed by atoms with Crippen LogP contribution in [-0.2, 0) is 14.3 Å². The molecule has 0 spiro atoms. The maximum Gasteiger partial charge on any atom is 0.346 e. The molecule has 0 heterocycles. The van der Waals surface area contributed by atoms with Gasteiger partial charge >= 0.3 is 5.97 Å². The number of ether oxygens (including phenoxy) is 2. The predicted octanol–water partition coefficient (Wildman–Crippen LogP) is 4.07.